The van der Waals surface area contributed by atoms with E-state index in [0.717, 1.165) is 18.4 Å². The van der Waals surface area contributed by atoms with Crippen LogP contribution in [0, 0.1) is 0 Å². The topological polar surface area (TPSA) is 71.1 Å². The molecule has 3 rings (SSSR count). The first-order valence-electron chi connectivity index (χ1n) is 7.30. The highest BCUT2D eigenvalue weighted by Crippen LogP contribution is 2.19. The third-order valence-corrected chi connectivity index (χ3v) is 3.50. The molecule has 22 heavy (non-hydrogen) atoms. The number of benzene rings is 1. The lowest BCUT2D eigenvalue weighted by molar-refractivity contribution is 0.0950. The van der Waals surface area contributed by atoms with Crippen molar-refractivity contribution in [2.45, 2.75) is 25.4 Å². The molecule has 5 heteroatoms. The maximum absolute atomic E-state index is 12.2. The Morgan fingerprint density at radius 3 is 2.41 bits per heavy atom. The van der Waals surface area contributed by atoms with E-state index in [2.05, 4.69) is 15.6 Å². The number of carbonyl (C=O) groups excluding carboxylic acids is 2. The molecule has 1 heterocycles. The summed E-state index contributed by atoms with van der Waals surface area (Å²) in [4.78, 5) is 28.1. The van der Waals surface area contributed by atoms with E-state index < -0.39 is 0 Å². The van der Waals surface area contributed by atoms with Crippen molar-refractivity contribution >= 4 is 11.8 Å². The molecule has 1 aliphatic carbocycles. The standard InChI is InChI=1S/C17H17N3O2/c21-16(19-11-12-6-8-18-9-7-12)13-2-1-3-14(10-13)17(22)20-15-4-5-15/h1-3,6-10,15H,4-5,11H2,(H,19,21)(H,20,22). The summed E-state index contributed by atoms with van der Waals surface area (Å²) >= 11 is 0. The van der Waals surface area contributed by atoms with Crippen LogP contribution in [0.3, 0.4) is 0 Å². The Morgan fingerprint density at radius 2 is 1.73 bits per heavy atom. The summed E-state index contributed by atoms with van der Waals surface area (Å²) in [6.07, 6.45) is 5.45. The lowest BCUT2D eigenvalue weighted by Gasteiger charge is -2.07. The molecule has 112 valence electrons. The van der Waals surface area contributed by atoms with Crippen molar-refractivity contribution in [3.05, 3.63) is 65.5 Å². The van der Waals surface area contributed by atoms with Crippen molar-refractivity contribution in [1.29, 1.82) is 0 Å². The highest BCUT2D eigenvalue weighted by atomic mass is 16.2. The number of nitrogens with one attached hydrogen (secondary N) is 2. The normalized spacial score (nSPS) is 13.5. The fraction of sp³-hybridized carbons (Fsp3) is 0.235. The molecule has 2 N–H and O–H groups in total. The van der Waals surface area contributed by atoms with E-state index in [9.17, 15) is 9.59 Å². The Balaban J connectivity index is 1.63. The molecule has 0 bridgehead atoms. The molecule has 2 amide bonds. The first-order chi connectivity index (χ1) is 10.7. The monoisotopic (exact) mass is 295 g/mol. The molecule has 5 nitrogen and oxygen atoms in total. The van der Waals surface area contributed by atoms with Gasteiger partial charge in [0.15, 0.2) is 0 Å². The van der Waals surface area contributed by atoms with Crippen LogP contribution < -0.4 is 10.6 Å². The van der Waals surface area contributed by atoms with Gasteiger partial charge in [-0.1, -0.05) is 6.07 Å². The van der Waals surface area contributed by atoms with Gasteiger partial charge in [0, 0.05) is 36.1 Å². The van der Waals surface area contributed by atoms with Crippen molar-refractivity contribution in [3.8, 4) is 0 Å². The van der Waals surface area contributed by atoms with Crippen molar-refractivity contribution in [1.82, 2.24) is 15.6 Å². The summed E-state index contributed by atoms with van der Waals surface area (Å²) < 4.78 is 0. The van der Waals surface area contributed by atoms with Crippen LogP contribution in [-0.2, 0) is 6.54 Å². The van der Waals surface area contributed by atoms with Crippen molar-refractivity contribution in [2.24, 2.45) is 0 Å². The van der Waals surface area contributed by atoms with Gasteiger partial charge in [-0.15, -0.1) is 0 Å². The minimum absolute atomic E-state index is 0.119. The van der Waals surface area contributed by atoms with Crippen LogP contribution in [0.2, 0.25) is 0 Å². The lowest BCUT2D eigenvalue weighted by atomic mass is 10.1. The van der Waals surface area contributed by atoms with Crippen molar-refractivity contribution in [3.63, 3.8) is 0 Å². The van der Waals surface area contributed by atoms with E-state index in [1.165, 1.54) is 0 Å². The predicted molar refractivity (Wildman–Crippen MR) is 82.3 cm³/mol. The minimum Gasteiger partial charge on any atom is -0.349 e. The zero-order valence-electron chi connectivity index (χ0n) is 12.1. The van der Waals surface area contributed by atoms with E-state index in [0.29, 0.717) is 23.7 Å². The number of carbonyl (C=O) groups is 2. The van der Waals surface area contributed by atoms with Gasteiger partial charge >= 0.3 is 0 Å². The summed E-state index contributed by atoms with van der Waals surface area (Å²) in [5, 5.41) is 5.75. The summed E-state index contributed by atoms with van der Waals surface area (Å²) in [5.74, 6) is -0.316. The van der Waals surface area contributed by atoms with E-state index in [4.69, 9.17) is 0 Å². The van der Waals surface area contributed by atoms with E-state index >= 15 is 0 Å². The van der Waals surface area contributed by atoms with Crippen LogP contribution >= 0.6 is 0 Å². The van der Waals surface area contributed by atoms with Crippen molar-refractivity contribution in [2.75, 3.05) is 0 Å². The van der Waals surface area contributed by atoms with Gasteiger partial charge in [0.25, 0.3) is 11.8 Å². The number of nitrogens with zero attached hydrogens (tertiary/aromatic N) is 1. The molecule has 1 aromatic heterocycles. The zero-order valence-corrected chi connectivity index (χ0v) is 12.1. The molecule has 1 saturated carbocycles. The SMILES string of the molecule is O=C(NCc1ccncc1)c1cccc(C(=O)NC2CC2)c1. The van der Waals surface area contributed by atoms with Gasteiger partial charge in [0.2, 0.25) is 0 Å². The molecule has 0 atom stereocenters. The summed E-state index contributed by atoms with van der Waals surface area (Å²) in [5.41, 5.74) is 1.98. The second-order valence-electron chi connectivity index (χ2n) is 5.37. The first-order valence-corrected chi connectivity index (χ1v) is 7.30. The molecule has 0 spiro atoms. The van der Waals surface area contributed by atoms with Crippen molar-refractivity contribution < 1.29 is 9.59 Å². The number of amides is 2. The third-order valence-electron chi connectivity index (χ3n) is 3.50. The average molecular weight is 295 g/mol. The average Bonchev–Trinajstić information content (AvgIpc) is 3.37. The molecule has 0 radical (unpaired) electrons. The smallest absolute Gasteiger partial charge is 0.251 e. The Morgan fingerprint density at radius 1 is 1.05 bits per heavy atom. The van der Waals surface area contributed by atoms with Crippen LogP contribution in [0.25, 0.3) is 0 Å². The Hall–Kier alpha value is -2.69. The molecule has 1 fully saturated rings. The fourth-order valence-electron chi connectivity index (χ4n) is 2.08. The molecule has 0 saturated heterocycles. The van der Waals surface area contributed by atoms with E-state index in [1.807, 2.05) is 12.1 Å². The maximum atomic E-state index is 12.2. The van der Waals surface area contributed by atoms with Crippen LogP contribution in [0.5, 0.6) is 0 Å². The number of aromatic nitrogens is 1. The highest BCUT2D eigenvalue weighted by molar-refractivity contribution is 5.99. The molecule has 0 unspecified atom stereocenters. The Kier molecular flexibility index (Phi) is 4.14. The van der Waals surface area contributed by atoms with E-state index in [-0.39, 0.29) is 11.8 Å². The predicted octanol–water partition coefficient (Wildman–Crippen LogP) is 1.90. The Labute approximate surface area is 128 Å². The molecular weight excluding hydrogens is 278 g/mol. The highest BCUT2D eigenvalue weighted by Gasteiger charge is 2.24. The van der Waals surface area contributed by atoms with Gasteiger partial charge in [0.1, 0.15) is 0 Å². The molecule has 1 aliphatic rings. The van der Waals surface area contributed by atoms with Crippen LogP contribution in [-0.4, -0.2) is 22.8 Å². The quantitative estimate of drug-likeness (QED) is 0.885. The first kappa shape index (κ1) is 14.3. The minimum atomic E-state index is -0.196. The number of hydrogen-bond donors (Lipinski definition) is 2. The van der Waals surface area contributed by atoms with E-state index in [1.54, 1.807) is 36.7 Å². The van der Waals surface area contributed by atoms with Crippen LogP contribution in [0.1, 0.15) is 39.1 Å². The molecule has 1 aromatic carbocycles. The van der Waals surface area contributed by atoms with Crippen LogP contribution in [0.4, 0.5) is 0 Å². The molecule has 2 aromatic rings. The second kappa shape index (κ2) is 6.39. The lowest BCUT2D eigenvalue weighted by Crippen LogP contribution is -2.26. The van der Waals surface area contributed by atoms with Gasteiger partial charge in [-0.2, -0.15) is 0 Å². The third kappa shape index (κ3) is 3.69. The van der Waals surface area contributed by atoms with Gasteiger partial charge in [0.05, 0.1) is 0 Å². The maximum Gasteiger partial charge on any atom is 0.251 e. The second-order valence-corrected chi connectivity index (χ2v) is 5.37. The summed E-state index contributed by atoms with van der Waals surface area (Å²) in [6, 6.07) is 10.8. The van der Waals surface area contributed by atoms with Gasteiger partial charge in [-0.25, -0.2) is 0 Å². The van der Waals surface area contributed by atoms with Crippen LogP contribution in [0.15, 0.2) is 48.8 Å². The largest absolute Gasteiger partial charge is 0.349 e. The Bertz CT molecular complexity index is 681. The van der Waals surface area contributed by atoms with Gasteiger partial charge in [-0.05, 0) is 48.7 Å². The molecule has 0 aliphatic heterocycles. The van der Waals surface area contributed by atoms with Gasteiger partial charge < -0.3 is 10.6 Å². The molecular formula is C17H17N3O2. The summed E-state index contributed by atoms with van der Waals surface area (Å²) in [6.45, 7) is 0.430. The fourth-order valence-corrected chi connectivity index (χ4v) is 2.08. The zero-order chi connectivity index (χ0) is 15.4. The summed E-state index contributed by atoms with van der Waals surface area (Å²) in [7, 11) is 0. The number of rotatable bonds is 5. The number of hydrogen-bond acceptors (Lipinski definition) is 3. The number of pyridine rings is 1. The van der Waals surface area contributed by atoms with Gasteiger partial charge in [-0.3, -0.25) is 14.6 Å².